The lowest BCUT2D eigenvalue weighted by Gasteiger charge is -2.16. The predicted octanol–water partition coefficient (Wildman–Crippen LogP) is 3.26. The molecule has 0 saturated carbocycles. The SMILES string of the molecule is CC(C)(C)C1=NC2=CC=CCC2=C1. The average Bonchev–Trinajstić information content (AvgIpc) is 2.45. The van der Waals surface area contributed by atoms with Crippen LogP contribution in [0, 0.1) is 5.41 Å². The lowest BCUT2D eigenvalue weighted by Crippen LogP contribution is -2.16. The first-order valence-corrected chi connectivity index (χ1v) is 4.74. The molecule has 1 heteroatoms. The molecule has 1 aliphatic heterocycles. The van der Waals surface area contributed by atoms with E-state index in [0.717, 1.165) is 12.1 Å². The van der Waals surface area contributed by atoms with E-state index in [1.165, 1.54) is 11.3 Å². The molecule has 0 unspecified atom stereocenters. The Bertz CT molecular complexity index is 346. The minimum absolute atomic E-state index is 0.172. The summed E-state index contributed by atoms with van der Waals surface area (Å²) in [5, 5.41) is 0. The van der Waals surface area contributed by atoms with Crippen LogP contribution in [0.4, 0.5) is 0 Å². The highest BCUT2D eigenvalue weighted by atomic mass is 14.8. The minimum atomic E-state index is 0.172. The first-order chi connectivity index (χ1) is 6.07. The van der Waals surface area contributed by atoms with E-state index in [-0.39, 0.29) is 5.41 Å². The molecule has 13 heavy (non-hydrogen) atoms. The van der Waals surface area contributed by atoms with Crippen LogP contribution < -0.4 is 0 Å². The van der Waals surface area contributed by atoms with Crippen molar-refractivity contribution in [1.29, 1.82) is 0 Å². The number of fused-ring (bicyclic) bond motifs is 1. The van der Waals surface area contributed by atoms with E-state index < -0.39 is 0 Å². The van der Waals surface area contributed by atoms with Crippen LogP contribution in [0.3, 0.4) is 0 Å². The number of rotatable bonds is 0. The Morgan fingerprint density at radius 2 is 2.08 bits per heavy atom. The van der Waals surface area contributed by atoms with Crippen molar-refractivity contribution < 1.29 is 0 Å². The Morgan fingerprint density at radius 3 is 2.69 bits per heavy atom. The van der Waals surface area contributed by atoms with Crippen molar-refractivity contribution in [3.05, 3.63) is 35.6 Å². The van der Waals surface area contributed by atoms with E-state index in [1.807, 2.05) is 0 Å². The fourth-order valence-corrected chi connectivity index (χ4v) is 1.52. The minimum Gasteiger partial charge on any atom is -0.253 e. The van der Waals surface area contributed by atoms with Gasteiger partial charge in [0, 0.05) is 11.1 Å². The Kier molecular flexibility index (Phi) is 1.76. The average molecular weight is 173 g/mol. The van der Waals surface area contributed by atoms with Crippen molar-refractivity contribution in [2.45, 2.75) is 27.2 Å². The number of aliphatic imine (C=N–C) groups is 1. The van der Waals surface area contributed by atoms with Crippen LogP contribution in [0.2, 0.25) is 0 Å². The summed E-state index contributed by atoms with van der Waals surface area (Å²) in [7, 11) is 0. The summed E-state index contributed by atoms with van der Waals surface area (Å²) in [4.78, 5) is 4.62. The van der Waals surface area contributed by atoms with Crippen molar-refractivity contribution in [1.82, 2.24) is 0 Å². The van der Waals surface area contributed by atoms with E-state index in [1.54, 1.807) is 0 Å². The maximum atomic E-state index is 4.62. The monoisotopic (exact) mass is 173 g/mol. The van der Waals surface area contributed by atoms with Gasteiger partial charge in [0.05, 0.1) is 5.70 Å². The van der Waals surface area contributed by atoms with Gasteiger partial charge in [0.15, 0.2) is 0 Å². The van der Waals surface area contributed by atoms with Gasteiger partial charge in [0.25, 0.3) is 0 Å². The molecule has 0 aromatic rings. The number of nitrogens with zero attached hydrogens (tertiary/aromatic N) is 1. The van der Waals surface area contributed by atoms with E-state index in [0.29, 0.717) is 0 Å². The Morgan fingerprint density at radius 1 is 1.31 bits per heavy atom. The van der Waals surface area contributed by atoms with Crippen LogP contribution in [0.1, 0.15) is 27.2 Å². The molecule has 68 valence electrons. The Labute approximate surface area is 79.6 Å². The van der Waals surface area contributed by atoms with E-state index in [2.05, 4.69) is 50.1 Å². The van der Waals surface area contributed by atoms with Crippen LogP contribution in [0.25, 0.3) is 0 Å². The summed E-state index contributed by atoms with van der Waals surface area (Å²) < 4.78 is 0. The molecule has 2 aliphatic rings. The normalized spacial score (nSPS) is 20.7. The summed E-state index contributed by atoms with van der Waals surface area (Å²) in [6, 6.07) is 0. The second-order valence-corrected chi connectivity index (χ2v) is 4.60. The highest BCUT2D eigenvalue weighted by Crippen LogP contribution is 2.31. The maximum Gasteiger partial charge on any atom is 0.0668 e. The summed E-state index contributed by atoms with van der Waals surface area (Å²) in [5.74, 6) is 0. The first kappa shape index (κ1) is 8.49. The van der Waals surface area contributed by atoms with Gasteiger partial charge in [0.2, 0.25) is 0 Å². The van der Waals surface area contributed by atoms with Crippen LogP contribution >= 0.6 is 0 Å². The molecule has 1 aliphatic carbocycles. The molecular weight excluding hydrogens is 158 g/mol. The molecule has 0 atom stereocenters. The topological polar surface area (TPSA) is 12.4 Å². The van der Waals surface area contributed by atoms with Gasteiger partial charge in [-0.15, -0.1) is 0 Å². The summed E-state index contributed by atoms with van der Waals surface area (Å²) in [5.41, 5.74) is 3.91. The van der Waals surface area contributed by atoms with Gasteiger partial charge >= 0.3 is 0 Å². The molecule has 1 heterocycles. The molecule has 1 nitrogen and oxygen atoms in total. The highest BCUT2D eigenvalue weighted by Gasteiger charge is 2.23. The van der Waals surface area contributed by atoms with E-state index in [4.69, 9.17) is 0 Å². The molecule has 0 amide bonds. The molecular formula is C12H15N. The molecule has 0 spiro atoms. The van der Waals surface area contributed by atoms with Gasteiger partial charge in [-0.05, 0) is 24.1 Å². The van der Waals surface area contributed by atoms with Crippen molar-refractivity contribution >= 4 is 5.71 Å². The summed E-state index contributed by atoms with van der Waals surface area (Å²) in [6.45, 7) is 6.61. The lowest BCUT2D eigenvalue weighted by molar-refractivity contribution is 0.595. The molecule has 2 rings (SSSR count). The largest absolute Gasteiger partial charge is 0.253 e. The second kappa shape index (κ2) is 2.69. The Hall–Kier alpha value is -1.11. The van der Waals surface area contributed by atoms with Gasteiger partial charge in [-0.3, -0.25) is 4.99 Å². The zero-order valence-electron chi connectivity index (χ0n) is 8.46. The van der Waals surface area contributed by atoms with Gasteiger partial charge in [0.1, 0.15) is 0 Å². The number of hydrogen-bond donors (Lipinski definition) is 0. The number of hydrogen-bond acceptors (Lipinski definition) is 1. The summed E-state index contributed by atoms with van der Waals surface area (Å²) in [6.07, 6.45) is 9.62. The lowest BCUT2D eigenvalue weighted by atomic mass is 9.89. The third-order valence-electron chi connectivity index (χ3n) is 2.38. The third-order valence-corrected chi connectivity index (χ3v) is 2.38. The first-order valence-electron chi connectivity index (χ1n) is 4.74. The van der Waals surface area contributed by atoms with Gasteiger partial charge in [-0.1, -0.05) is 32.9 Å². The zero-order valence-corrected chi connectivity index (χ0v) is 8.46. The van der Waals surface area contributed by atoms with Gasteiger partial charge in [-0.25, -0.2) is 0 Å². The molecule has 0 saturated heterocycles. The summed E-state index contributed by atoms with van der Waals surface area (Å²) >= 11 is 0. The molecule has 0 aromatic carbocycles. The van der Waals surface area contributed by atoms with Crippen LogP contribution in [-0.2, 0) is 0 Å². The van der Waals surface area contributed by atoms with Crippen molar-refractivity contribution in [3.8, 4) is 0 Å². The molecule has 0 aromatic heterocycles. The van der Waals surface area contributed by atoms with Crippen LogP contribution in [0.5, 0.6) is 0 Å². The van der Waals surface area contributed by atoms with Gasteiger partial charge in [-0.2, -0.15) is 0 Å². The second-order valence-electron chi connectivity index (χ2n) is 4.60. The van der Waals surface area contributed by atoms with Crippen molar-refractivity contribution in [3.63, 3.8) is 0 Å². The molecule has 0 fully saturated rings. The maximum absolute atomic E-state index is 4.62. The van der Waals surface area contributed by atoms with Crippen molar-refractivity contribution in [2.75, 3.05) is 0 Å². The fraction of sp³-hybridized carbons (Fsp3) is 0.417. The zero-order chi connectivity index (χ0) is 9.47. The smallest absolute Gasteiger partial charge is 0.0668 e. The molecule has 0 N–H and O–H groups in total. The van der Waals surface area contributed by atoms with Crippen LogP contribution in [-0.4, -0.2) is 5.71 Å². The molecule has 0 radical (unpaired) electrons. The quantitative estimate of drug-likeness (QED) is 0.533. The van der Waals surface area contributed by atoms with E-state index in [9.17, 15) is 0 Å². The standard InChI is InChI=1S/C12H15N/c1-12(2,3)11-8-9-6-4-5-7-10(9)13-11/h4-5,7-8H,6H2,1-3H3. The third kappa shape index (κ3) is 1.51. The molecule has 0 bridgehead atoms. The predicted molar refractivity (Wildman–Crippen MR) is 56.8 cm³/mol. The number of allylic oxidation sites excluding steroid dienone is 5. The Balaban J connectivity index is 2.36. The van der Waals surface area contributed by atoms with Crippen LogP contribution in [0.15, 0.2) is 40.6 Å². The highest BCUT2D eigenvalue weighted by molar-refractivity contribution is 6.03. The van der Waals surface area contributed by atoms with Gasteiger partial charge < -0.3 is 0 Å². The van der Waals surface area contributed by atoms with Crippen molar-refractivity contribution in [2.24, 2.45) is 10.4 Å². The van der Waals surface area contributed by atoms with E-state index >= 15 is 0 Å². The fourth-order valence-electron chi connectivity index (χ4n) is 1.52.